The number of nitrogens with two attached hydrogens (primary N) is 1. The van der Waals surface area contributed by atoms with Crippen molar-refractivity contribution in [2.45, 2.75) is 53.5 Å². The van der Waals surface area contributed by atoms with Crippen LogP contribution in [-0.2, 0) is 11.2 Å². The van der Waals surface area contributed by atoms with Gasteiger partial charge in [0.25, 0.3) is 0 Å². The summed E-state index contributed by atoms with van der Waals surface area (Å²) >= 11 is 0. The summed E-state index contributed by atoms with van der Waals surface area (Å²) < 4.78 is 0. The van der Waals surface area contributed by atoms with Crippen LogP contribution >= 0.6 is 0 Å². The van der Waals surface area contributed by atoms with E-state index in [0.717, 1.165) is 0 Å². The Kier molecular flexibility index (Phi) is 5.35. The molecule has 3 N–H and O–H groups in total. The first-order valence-corrected chi connectivity index (χ1v) is 7.23. The van der Waals surface area contributed by atoms with Gasteiger partial charge in [-0.15, -0.1) is 0 Å². The number of amides is 1. The lowest BCUT2D eigenvalue weighted by Gasteiger charge is -2.25. The fourth-order valence-corrected chi connectivity index (χ4v) is 2.53. The average molecular weight is 276 g/mol. The van der Waals surface area contributed by atoms with Crippen LogP contribution in [0.1, 0.15) is 43.0 Å². The van der Waals surface area contributed by atoms with Crippen molar-refractivity contribution >= 4 is 5.91 Å². The zero-order valence-corrected chi connectivity index (χ0v) is 13.6. The van der Waals surface area contributed by atoms with E-state index in [1.807, 2.05) is 20.8 Å². The summed E-state index contributed by atoms with van der Waals surface area (Å²) in [7, 11) is 0. The number of benzene rings is 1. The quantitative estimate of drug-likeness (QED) is 0.888. The molecule has 0 spiro atoms. The van der Waals surface area contributed by atoms with Crippen LogP contribution < -0.4 is 11.1 Å². The molecule has 3 heteroatoms. The van der Waals surface area contributed by atoms with Crippen LogP contribution in [0.3, 0.4) is 0 Å². The first-order chi connectivity index (χ1) is 9.14. The Morgan fingerprint density at radius 1 is 1.20 bits per heavy atom. The lowest BCUT2D eigenvalue weighted by Crippen LogP contribution is -2.46. The molecule has 3 nitrogen and oxygen atoms in total. The highest BCUT2D eigenvalue weighted by atomic mass is 16.2. The van der Waals surface area contributed by atoms with Crippen molar-refractivity contribution in [1.29, 1.82) is 0 Å². The maximum atomic E-state index is 12.3. The topological polar surface area (TPSA) is 55.1 Å². The molecule has 0 heterocycles. The van der Waals surface area contributed by atoms with E-state index in [0.29, 0.717) is 13.0 Å². The molecule has 1 atom stereocenters. The lowest BCUT2D eigenvalue weighted by molar-refractivity contribution is -0.126. The van der Waals surface area contributed by atoms with E-state index in [-0.39, 0.29) is 17.4 Å². The Morgan fingerprint density at radius 3 is 2.10 bits per heavy atom. The molecule has 0 saturated heterocycles. The van der Waals surface area contributed by atoms with E-state index in [2.05, 4.69) is 38.2 Å². The van der Waals surface area contributed by atoms with Gasteiger partial charge < -0.3 is 11.1 Å². The Hall–Kier alpha value is -1.35. The lowest BCUT2D eigenvalue weighted by atomic mass is 9.90. The maximum absolute atomic E-state index is 12.3. The van der Waals surface area contributed by atoms with Gasteiger partial charge in [0, 0.05) is 12.1 Å². The van der Waals surface area contributed by atoms with Crippen molar-refractivity contribution in [3.05, 3.63) is 34.4 Å². The first-order valence-electron chi connectivity index (χ1n) is 7.23. The minimum Gasteiger partial charge on any atom is -0.351 e. The van der Waals surface area contributed by atoms with Crippen LogP contribution in [0.15, 0.2) is 12.1 Å². The van der Waals surface area contributed by atoms with Crippen LogP contribution in [0.5, 0.6) is 0 Å². The standard InChI is InChI=1S/C17H28N2O/c1-11-7-12(2)15(13(3)8-11)9-14(10-18)16(20)19-17(4,5)6/h7-8,14H,9-10,18H2,1-6H3,(H,19,20). The molecule has 0 aliphatic rings. The molecule has 1 amide bonds. The molecular weight excluding hydrogens is 248 g/mol. The molecular formula is C17H28N2O. The van der Waals surface area contributed by atoms with Crippen molar-refractivity contribution in [2.24, 2.45) is 11.7 Å². The monoisotopic (exact) mass is 276 g/mol. The SMILES string of the molecule is Cc1cc(C)c(CC(CN)C(=O)NC(C)(C)C)c(C)c1. The number of aryl methyl sites for hydroxylation is 3. The first kappa shape index (κ1) is 16.7. The summed E-state index contributed by atoms with van der Waals surface area (Å²) in [6.45, 7) is 12.6. The summed E-state index contributed by atoms with van der Waals surface area (Å²) in [5.41, 5.74) is 10.6. The van der Waals surface area contributed by atoms with Gasteiger partial charge in [-0.1, -0.05) is 17.7 Å². The molecule has 0 aliphatic carbocycles. The van der Waals surface area contributed by atoms with Gasteiger partial charge >= 0.3 is 0 Å². The van der Waals surface area contributed by atoms with Crippen LogP contribution in [0.4, 0.5) is 0 Å². The highest BCUT2D eigenvalue weighted by molar-refractivity contribution is 5.80. The van der Waals surface area contributed by atoms with E-state index in [9.17, 15) is 4.79 Å². The van der Waals surface area contributed by atoms with E-state index in [4.69, 9.17) is 5.73 Å². The van der Waals surface area contributed by atoms with E-state index >= 15 is 0 Å². The van der Waals surface area contributed by atoms with E-state index in [1.165, 1.54) is 22.3 Å². The van der Waals surface area contributed by atoms with Crippen molar-refractivity contribution in [2.75, 3.05) is 6.54 Å². The fraction of sp³-hybridized carbons (Fsp3) is 0.588. The molecule has 1 unspecified atom stereocenters. The van der Waals surface area contributed by atoms with Gasteiger partial charge in [0.05, 0.1) is 5.92 Å². The predicted octanol–water partition coefficient (Wildman–Crippen LogP) is 2.64. The van der Waals surface area contributed by atoms with Gasteiger partial charge in [0.1, 0.15) is 0 Å². The summed E-state index contributed by atoms with van der Waals surface area (Å²) in [4.78, 5) is 12.3. The van der Waals surface area contributed by atoms with Crippen LogP contribution in [0.2, 0.25) is 0 Å². The summed E-state index contributed by atoms with van der Waals surface area (Å²) in [5, 5.41) is 3.02. The normalized spacial score (nSPS) is 13.2. The molecule has 0 aliphatic heterocycles. The highest BCUT2D eigenvalue weighted by Crippen LogP contribution is 2.20. The van der Waals surface area contributed by atoms with Crippen molar-refractivity contribution < 1.29 is 4.79 Å². The molecule has 0 bridgehead atoms. The molecule has 1 aromatic carbocycles. The van der Waals surface area contributed by atoms with Gasteiger partial charge in [0.15, 0.2) is 0 Å². The van der Waals surface area contributed by atoms with Crippen molar-refractivity contribution in [1.82, 2.24) is 5.32 Å². The molecule has 0 fully saturated rings. The summed E-state index contributed by atoms with van der Waals surface area (Å²) in [6.07, 6.45) is 0.705. The second-order valence-electron chi connectivity index (χ2n) is 6.75. The number of hydrogen-bond acceptors (Lipinski definition) is 2. The van der Waals surface area contributed by atoms with Gasteiger partial charge in [-0.25, -0.2) is 0 Å². The van der Waals surface area contributed by atoms with Gasteiger partial charge in [-0.05, 0) is 64.7 Å². The fourth-order valence-electron chi connectivity index (χ4n) is 2.53. The van der Waals surface area contributed by atoms with Crippen LogP contribution in [-0.4, -0.2) is 18.0 Å². The molecule has 112 valence electrons. The highest BCUT2D eigenvalue weighted by Gasteiger charge is 2.23. The second kappa shape index (κ2) is 6.40. The summed E-state index contributed by atoms with van der Waals surface area (Å²) in [5.74, 6) is -0.131. The third kappa shape index (κ3) is 4.64. The minimum atomic E-state index is -0.220. The zero-order chi connectivity index (χ0) is 15.5. The molecule has 1 rings (SSSR count). The van der Waals surface area contributed by atoms with Crippen molar-refractivity contribution in [3.63, 3.8) is 0 Å². The van der Waals surface area contributed by atoms with E-state index < -0.39 is 0 Å². The Bertz CT molecular complexity index is 463. The molecule has 0 radical (unpaired) electrons. The Labute approximate surface area is 122 Å². The zero-order valence-electron chi connectivity index (χ0n) is 13.6. The molecule has 0 saturated carbocycles. The average Bonchev–Trinajstić information content (AvgIpc) is 2.25. The van der Waals surface area contributed by atoms with Gasteiger partial charge in [0.2, 0.25) is 5.91 Å². The van der Waals surface area contributed by atoms with Crippen molar-refractivity contribution in [3.8, 4) is 0 Å². The second-order valence-corrected chi connectivity index (χ2v) is 6.75. The summed E-state index contributed by atoms with van der Waals surface area (Å²) in [6, 6.07) is 4.33. The maximum Gasteiger partial charge on any atom is 0.225 e. The van der Waals surface area contributed by atoms with Crippen LogP contribution in [0.25, 0.3) is 0 Å². The number of hydrogen-bond donors (Lipinski definition) is 2. The number of carbonyl (C=O) groups excluding carboxylic acids is 1. The number of carbonyl (C=O) groups is 1. The predicted molar refractivity (Wildman–Crippen MR) is 84.8 cm³/mol. The number of nitrogens with one attached hydrogen (secondary N) is 1. The molecule has 20 heavy (non-hydrogen) atoms. The molecule has 0 aromatic heterocycles. The Morgan fingerprint density at radius 2 is 1.70 bits per heavy atom. The smallest absolute Gasteiger partial charge is 0.225 e. The Balaban J connectivity index is 2.92. The largest absolute Gasteiger partial charge is 0.351 e. The molecule has 1 aromatic rings. The van der Waals surface area contributed by atoms with E-state index in [1.54, 1.807) is 0 Å². The minimum absolute atomic E-state index is 0.0411. The van der Waals surface area contributed by atoms with Crippen LogP contribution in [0, 0.1) is 26.7 Å². The van der Waals surface area contributed by atoms with Gasteiger partial charge in [-0.3, -0.25) is 4.79 Å². The number of rotatable bonds is 4. The third-order valence-corrected chi connectivity index (χ3v) is 3.44. The van der Waals surface area contributed by atoms with Gasteiger partial charge in [-0.2, -0.15) is 0 Å². The third-order valence-electron chi connectivity index (χ3n) is 3.44.